The lowest BCUT2D eigenvalue weighted by Crippen LogP contribution is -2.40. The highest BCUT2D eigenvalue weighted by atomic mass is 32.2. The lowest BCUT2D eigenvalue weighted by Gasteiger charge is -2.24. The van der Waals surface area contributed by atoms with Crippen LogP contribution in [0.1, 0.15) is 12.8 Å². The van der Waals surface area contributed by atoms with Crippen molar-refractivity contribution in [2.24, 2.45) is 0 Å². The number of benzene rings is 3. The van der Waals surface area contributed by atoms with Crippen molar-refractivity contribution in [3.8, 4) is 22.5 Å². The average Bonchev–Trinajstić information content (AvgIpc) is 3.38. The minimum absolute atomic E-state index is 0.0883. The first-order chi connectivity index (χ1) is 17.6. The molecular formula is C28H30N3O5S+. The fourth-order valence-corrected chi connectivity index (χ4v) is 6.86. The molecule has 9 heteroatoms. The second kappa shape index (κ2) is 9.32. The maximum Gasteiger partial charge on any atom is 0.322 e. The number of sulfonamides is 1. The number of rotatable bonds is 5. The number of carboxylic acids is 1. The molecule has 5 rings (SSSR count). The average molecular weight is 521 g/mol. The summed E-state index contributed by atoms with van der Waals surface area (Å²) >= 11 is 0. The van der Waals surface area contributed by atoms with Crippen LogP contribution in [0.25, 0.3) is 33.4 Å². The molecule has 1 atom stereocenters. The Bertz CT molecular complexity index is 1670. The van der Waals surface area contributed by atoms with Gasteiger partial charge >= 0.3 is 5.97 Å². The fraction of sp³-hybridized carbons (Fsp3) is 0.286. The van der Waals surface area contributed by atoms with Gasteiger partial charge in [0.1, 0.15) is 31.5 Å². The standard InChI is InChI=1S/C28H29N3O5S/c1-29(2)18-11-13-20-24(16-18)36-25-17-19(30(3)4)12-14-21(25)27(20)22-8-5-6-10-26(22)37(34,35)31-15-7-9-23(31)28(32)33/h5-6,8,10-14,16-17,23H,7,9,15H2,1-4H3/p+1. The molecule has 1 unspecified atom stereocenters. The van der Waals surface area contributed by atoms with Gasteiger partial charge in [-0.05, 0) is 37.1 Å². The topological polar surface area (TPSA) is 94.1 Å². The zero-order valence-corrected chi connectivity index (χ0v) is 22.1. The Kier molecular flexibility index (Phi) is 6.29. The molecule has 0 aromatic heterocycles. The van der Waals surface area contributed by atoms with Crippen LogP contribution in [0.5, 0.6) is 0 Å². The summed E-state index contributed by atoms with van der Waals surface area (Å²) in [5, 5.41) is 11.4. The third-order valence-electron chi connectivity index (χ3n) is 6.95. The highest BCUT2D eigenvalue weighted by Gasteiger charge is 2.40. The second-order valence-corrected chi connectivity index (χ2v) is 11.6. The molecule has 2 aromatic carbocycles. The molecule has 1 aliphatic carbocycles. The minimum atomic E-state index is -4.09. The van der Waals surface area contributed by atoms with Crippen molar-refractivity contribution in [2.75, 3.05) is 39.6 Å². The normalized spacial score (nSPS) is 16.4. The molecule has 3 aliphatic rings. The molecule has 192 valence electrons. The monoisotopic (exact) mass is 520 g/mol. The van der Waals surface area contributed by atoms with Crippen molar-refractivity contribution in [2.45, 2.75) is 23.8 Å². The van der Waals surface area contributed by atoms with Gasteiger partial charge in [-0.3, -0.25) is 4.79 Å². The first-order valence-corrected chi connectivity index (χ1v) is 13.6. The molecule has 0 amide bonds. The highest BCUT2D eigenvalue weighted by molar-refractivity contribution is 7.89. The van der Waals surface area contributed by atoms with Crippen LogP contribution in [0.15, 0.2) is 70.0 Å². The maximum absolute atomic E-state index is 13.9. The molecule has 0 saturated carbocycles. The third-order valence-corrected chi connectivity index (χ3v) is 8.92. The molecule has 1 N–H and O–H groups in total. The van der Waals surface area contributed by atoms with E-state index in [0.717, 1.165) is 31.9 Å². The van der Waals surface area contributed by atoms with Gasteiger partial charge in [-0.25, -0.2) is 13.0 Å². The lowest BCUT2D eigenvalue weighted by atomic mass is 9.93. The van der Waals surface area contributed by atoms with Crippen LogP contribution in [0.3, 0.4) is 0 Å². The van der Waals surface area contributed by atoms with Crippen molar-refractivity contribution in [1.29, 1.82) is 0 Å². The first kappa shape index (κ1) is 25.0. The number of nitrogens with zero attached hydrogens (tertiary/aromatic N) is 3. The maximum atomic E-state index is 13.9. The van der Waals surface area contributed by atoms with E-state index in [2.05, 4.69) is 0 Å². The van der Waals surface area contributed by atoms with Gasteiger partial charge in [-0.1, -0.05) is 18.2 Å². The van der Waals surface area contributed by atoms with E-state index in [1.807, 2.05) is 74.1 Å². The zero-order valence-electron chi connectivity index (χ0n) is 21.3. The predicted molar refractivity (Wildman–Crippen MR) is 144 cm³/mol. The fourth-order valence-electron chi connectivity index (χ4n) is 5.01. The van der Waals surface area contributed by atoms with E-state index < -0.39 is 22.0 Å². The van der Waals surface area contributed by atoms with Gasteiger partial charge in [-0.15, -0.1) is 0 Å². The Morgan fingerprint density at radius 3 is 2.51 bits per heavy atom. The van der Waals surface area contributed by atoms with Gasteiger partial charge in [-0.2, -0.15) is 4.31 Å². The minimum Gasteiger partial charge on any atom is -0.480 e. The summed E-state index contributed by atoms with van der Waals surface area (Å²) in [6.45, 7) is 0.178. The van der Waals surface area contributed by atoms with Gasteiger partial charge < -0.3 is 14.4 Å². The van der Waals surface area contributed by atoms with Crippen LogP contribution < -0.4 is 14.8 Å². The smallest absolute Gasteiger partial charge is 0.322 e. The number of anilines is 1. The van der Waals surface area contributed by atoms with Gasteiger partial charge in [0.05, 0.1) is 11.0 Å². The van der Waals surface area contributed by atoms with Crippen molar-refractivity contribution in [3.05, 3.63) is 66.0 Å². The van der Waals surface area contributed by atoms with Crippen molar-refractivity contribution < 1.29 is 22.7 Å². The van der Waals surface area contributed by atoms with Gasteiger partial charge in [0, 0.05) is 60.5 Å². The highest BCUT2D eigenvalue weighted by Crippen LogP contribution is 2.43. The predicted octanol–water partition coefficient (Wildman–Crippen LogP) is 3.54. The SMILES string of the molecule is CN(C)c1ccc2c(-c3ccccc3S(=O)(=O)N3CCCC3C(=O)O)c3ccc(=[N+](C)C)cc-3oc2c1. The number of carbonyl (C=O) groups is 1. The molecule has 1 fully saturated rings. The quantitative estimate of drug-likeness (QED) is 0.320. The Morgan fingerprint density at radius 1 is 1.05 bits per heavy atom. The zero-order chi connectivity index (χ0) is 26.5. The van der Waals surface area contributed by atoms with Crippen LogP contribution in [-0.2, 0) is 14.8 Å². The van der Waals surface area contributed by atoms with E-state index in [1.165, 1.54) is 0 Å². The Labute approximate surface area is 216 Å². The molecule has 2 aliphatic heterocycles. The van der Waals surface area contributed by atoms with Crippen LogP contribution in [0.2, 0.25) is 0 Å². The summed E-state index contributed by atoms with van der Waals surface area (Å²) in [5.41, 5.74) is 3.60. The summed E-state index contributed by atoms with van der Waals surface area (Å²) in [4.78, 5) is 13.9. The molecule has 0 spiro atoms. The van der Waals surface area contributed by atoms with Gasteiger partial charge in [0.15, 0.2) is 0 Å². The number of carboxylic acid groups (broad SMARTS) is 1. The summed E-state index contributed by atoms with van der Waals surface area (Å²) in [6, 6.07) is 17.5. The van der Waals surface area contributed by atoms with E-state index in [9.17, 15) is 18.3 Å². The molecule has 8 nitrogen and oxygen atoms in total. The first-order valence-electron chi connectivity index (χ1n) is 12.1. The summed E-state index contributed by atoms with van der Waals surface area (Å²) < 4.78 is 37.3. The summed E-state index contributed by atoms with van der Waals surface area (Å²) in [5.74, 6) is -0.498. The molecule has 0 radical (unpaired) electrons. The van der Waals surface area contributed by atoms with Crippen LogP contribution >= 0.6 is 0 Å². The van der Waals surface area contributed by atoms with Crippen LogP contribution in [0.4, 0.5) is 5.69 Å². The molecule has 2 aromatic rings. The Hall–Kier alpha value is -3.69. The molecule has 1 saturated heterocycles. The van der Waals surface area contributed by atoms with Gasteiger partial charge in [0.25, 0.3) is 0 Å². The van der Waals surface area contributed by atoms with Gasteiger partial charge in [0.2, 0.25) is 15.4 Å². The lowest BCUT2D eigenvalue weighted by molar-refractivity contribution is -0.140. The number of hydrogen-bond acceptors (Lipinski definition) is 5. The Balaban J connectivity index is 1.84. The van der Waals surface area contributed by atoms with Crippen LogP contribution in [0, 0.1) is 0 Å². The van der Waals surface area contributed by atoms with E-state index in [-0.39, 0.29) is 11.4 Å². The number of fused-ring (bicyclic) bond motifs is 2. The number of aliphatic carboxylic acids is 1. The van der Waals surface area contributed by atoms with E-state index in [0.29, 0.717) is 29.7 Å². The van der Waals surface area contributed by atoms with Crippen molar-refractivity contribution in [3.63, 3.8) is 0 Å². The third kappa shape index (κ3) is 4.28. The largest absolute Gasteiger partial charge is 0.480 e. The summed E-state index contributed by atoms with van der Waals surface area (Å²) in [7, 11) is 3.71. The van der Waals surface area contributed by atoms with E-state index >= 15 is 0 Å². The Morgan fingerprint density at radius 2 is 1.81 bits per heavy atom. The van der Waals surface area contributed by atoms with Crippen molar-refractivity contribution in [1.82, 2.24) is 8.88 Å². The molecule has 0 bridgehead atoms. The van der Waals surface area contributed by atoms with E-state index in [4.69, 9.17) is 4.42 Å². The molecule has 2 heterocycles. The number of hydrogen-bond donors (Lipinski definition) is 1. The van der Waals surface area contributed by atoms with Crippen molar-refractivity contribution >= 4 is 32.6 Å². The summed E-state index contributed by atoms with van der Waals surface area (Å²) in [6.07, 6.45) is 0.808. The van der Waals surface area contributed by atoms with Crippen LogP contribution in [-0.4, -0.2) is 64.6 Å². The molecule has 37 heavy (non-hydrogen) atoms. The van der Waals surface area contributed by atoms with E-state index in [1.54, 1.807) is 24.3 Å². The molecular weight excluding hydrogens is 490 g/mol. The second-order valence-electron chi connectivity index (χ2n) is 9.74.